The minimum atomic E-state index is -0.487. The number of carbonyl (C=O) groups excluding carboxylic acids is 1. The minimum absolute atomic E-state index is 0.0991. The van der Waals surface area contributed by atoms with Gasteiger partial charge in [-0.2, -0.15) is 0 Å². The van der Waals surface area contributed by atoms with E-state index in [2.05, 4.69) is 10.6 Å². The van der Waals surface area contributed by atoms with Crippen LogP contribution in [0.1, 0.15) is 45.6 Å². The van der Waals surface area contributed by atoms with Gasteiger partial charge in [-0.05, 0) is 70.7 Å². The van der Waals surface area contributed by atoms with E-state index in [1.54, 1.807) is 0 Å². The maximum Gasteiger partial charge on any atom is 0.407 e. The molecule has 2 N–H and O–H groups in total. The molecule has 122 valence electrons. The fraction of sp³-hybridized carbons (Fsp3) is 0.588. The Hall–Kier alpha value is -1.78. The topological polar surface area (TPSA) is 50.4 Å². The normalized spacial score (nSPS) is 21.5. The third kappa shape index (κ3) is 5.20. The average Bonchev–Trinajstić information content (AvgIpc) is 2.71. The van der Waals surface area contributed by atoms with Gasteiger partial charge in [0.25, 0.3) is 0 Å². The van der Waals surface area contributed by atoms with Crippen LogP contribution in [0.15, 0.2) is 18.2 Å². The maximum absolute atomic E-state index is 13.4. The van der Waals surface area contributed by atoms with Gasteiger partial charge >= 0.3 is 6.09 Å². The third-order valence-corrected chi connectivity index (χ3v) is 3.57. The zero-order chi connectivity index (χ0) is 16.3. The molecule has 0 heterocycles. The van der Waals surface area contributed by atoms with Crippen molar-refractivity contribution in [1.82, 2.24) is 5.32 Å². The van der Waals surface area contributed by atoms with Crippen LogP contribution >= 0.6 is 0 Å². The van der Waals surface area contributed by atoms with Crippen LogP contribution in [0.2, 0.25) is 0 Å². The highest BCUT2D eigenvalue weighted by Gasteiger charge is 2.27. The maximum atomic E-state index is 13.4. The lowest BCUT2D eigenvalue weighted by Gasteiger charge is -2.22. The average molecular weight is 308 g/mol. The van der Waals surface area contributed by atoms with Crippen LogP contribution in [-0.2, 0) is 4.74 Å². The SMILES string of the molecule is Cc1cc(F)cc(NC2CCC(NC(=O)OC(C)(C)C)C2)c1. The first-order valence-electron chi connectivity index (χ1n) is 7.74. The molecule has 2 atom stereocenters. The lowest BCUT2D eigenvalue weighted by molar-refractivity contribution is 0.0505. The van der Waals surface area contributed by atoms with Gasteiger partial charge in [-0.1, -0.05) is 0 Å². The molecule has 22 heavy (non-hydrogen) atoms. The summed E-state index contributed by atoms with van der Waals surface area (Å²) in [5, 5.41) is 6.24. The summed E-state index contributed by atoms with van der Waals surface area (Å²) in [5.74, 6) is -0.232. The number of benzene rings is 1. The number of ether oxygens (including phenoxy) is 1. The van der Waals surface area contributed by atoms with Crippen LogP contribution in [0, 0.1) is 12.7 Å². The molecular weight excluding hydrogens is 283 g/mol. The largest absolute Gasteiger partial charge is 0.444 e. The number of hydrogen-bond donors (Lipinski definition) is 2. The van der Waals surface area contributed by atoms with Crippen molar-refractivity contribution in [3.05, 3.63) is 29.6 Å². The molecule has 0 aliphatic heterocycles. The summed E-state index contributed by atoms with van der Waals surface area (Å²) >= 11 is 0. The quantitative estimate of drug-likeness (QED) is 0.887. The summed E-state index contributed by atoms with van der Waals surface area (Å²) < 4.78 is 18.7. The second kappa shape index (κ2) is 6.55. The van der Waals surface area contributed by atoms with Crippen molar-refractivity contribution >= 4 is 11.8 Å². The van der Waals surface area contributed by atoms with E-state index in [1.807, 2.05) is 33.8 Å². The van der Waals surface area contributed by atoms with Crippen molar-refractivity contribution in [3.8, 4) is 0 Å². The highest BCUT2D eigenvalue weighted by molar-refractivity contribution is 5.68. The Morgan fingerprint density at radius 2 is 1.91 bits per heavy atom. The van der Waals surface area contributed by atoms with E-state index in [0.717, 1.165) is 30.5 Å². The van der Waals surface area contributed by atoms with E-state index in [4.69, 9.17) is 4.74 Å². The van der Waals surface area contributed by atoms with Gasteiger partial charge in [-0.3, -0.25) is 0 Å². The summed E-state index contributed by atoms with van der Waals surface area (Å²) in [4.78, 5) is 11.8. The molecule has 1 aromatic carbocycles. The zero-order valence-electron chi connectivity index (χ0n) is 13.7. The first kappa shape index (κ1) is 16.6. The van der Waals surface area contributed by atoms with Crippen molar-refractivity contribution in [1.29, 1.82) is 0 Å². The fourth-order valence-electron chi connectivity index (χ4n) is 2.77. The van der Waals surface area contributed by atoms with Gasteiger partial charge < -0.3 is 15.4 Å². The van der Waals surface area contributed by atoms with Crippen LogP contribution in [0.5, 0.6) is 0 Å². The number of carbonyl (C=O) groups is 1. The van der Waals surface area contributed by atoms with Gasteiger partial charge in [0, 0.05) is 17.8 Å². The van der Waals surface area contributed by atoms with Gasteiger partial charge in [0.1, 0.15) is 11.4 Å². The van der Waals surface area contributed by atoms with Crippen molar-refractivity contribution < 1.29 is 13.9 Å². The molecular formula is C17H25FN2O2. The molecule has 4 nitrogen and oxygen atoms in total. The molecule has 1 saturated carbocycles. The predicted molar refractivity (Wildman–Crippen MR) is 85.6 cm³/mol. The lowest BCUT2D eigenvalue weighted by Crippen LogP contribution is -2.38. The highest BCUT2D eigenvalue weighted by Crippen LogP contribution is 2.24. The predicted octanol–water partition coefficient (Wildman–Crippen LogP) is 3.99. The van der Waals surface area contributed by atoms with Crippen LogP contribution in [0.3, 0.4) is 0 Å². The van der Waals surface area contributed by atoms with Gasteiger partial charge in [0.15, 0.2) is 0 Å². The number of alkyl carbamates (subject to hydrolysis) is 1. The molecule has 0 radical (unpaired) electrons. The zero-order valence-corrected chi connectivity index (χ0v) is 13.7. The summed E-state index contributed by atoms with van der Waals surface area (Å²) in [5.41, 5.74) is 1.20. The smallest absolute Gasteiger partial charge is 0.407 e. The second-order valence-electron chi connectivity index (χ2n) is 7.01. The molecule has 2 rings (SSSR count). The summed E-state index contributed by atoms with van der Waals surface area (Å²) in [7, 11) is 0. The standard InChI is InChI=1S/C17H25FN2O2/c1-11-7-12(18)9-15(8-11)19-13-5-6-14(10-13)20-16(21)22-17(2,3)4/h7-9,13-14,19H,5-6,10H2,1-4H3,(H,20,21). The van der Waals surface area contributed by atoms with Crippen LogP contribution in [0.4, 0.5) is 14.9 Å². The molecule has 0 bridgehead atoms. The second-order valence-corrected chi connectivity index (χ2v) is 7.01. The Bertz CT molecular complexity index is 520. The van der Waals surface area contributed by atoms with E-state index in [0.29, 0.717) is 0 Å². The van der Waals surface area contributed by atoms with Gasteiger partial charge in [-0.25, -0.2) is 9.18 Å². The Morgan fingerprint density at radius 3 is 2.55 bits per heavy atom. The van der Waals surface area contributed by atoms with Crippen molar-refractivity contribution in [3.63, 3.8) is 0 Å². The summed E-state index contributed by atoms with van der Waals surface area (Å²) in [6.07, 6.45) is 2.27. The lowest BCUT2D eigenvalue weighted by atomic mass is 10.2. The monoisotopic (exact) mass is 308 g/mol. The Labute approximate surface area is 131 Å². The number of aryl methyl sites for hydroxylation is 1. The highest BCUT2D eigenvalue weighted by atomic mass is 19.1. The van der Waals surface area contributed by atoms with Crippen LogP contribution in [-0.4, -0.2) is 23.8 Å². The van der Waals surface area contributed by atoms with Crippen molar-refractivity contribution in [2.24, 2.45) is 0 Å². The molecule has 1 aliphatic carbocycles. The number of hydrogen-bond acceptors (Lipinski definition) is 3. The molecule has 1 fully saturated rings. The molecule has 0 aromatic heterocycles. The van der Waals surface area contributed by atoms with E-state index in [-0.39, 0.29) is 24.0 Å². The molecule has 1 amide bonds. The molecule has 1 aromatic rings. The van der Waals surface area contributed by atoms with E-state index in [1.165, 1.54) is 12.1 Å². The Morgan fingerprint density at radius 1 is 1.23 bits per heavy atom. The minimum Gasteiger partial charge on any atom is -0.444 e. The first-order valence-corrected chi connectivity index (χ1v) is 7.74. The van der Waals surface area contributed by atoms with Gasteiger partial charge in [0.2, 0.25) is 0 Å². The van der Waals surface area contributed by atoms with E-state index in [9.17, 15) is 9.18 Å². The Balaban J connectivity index is 1.84. The first-order chi connectivity index (χ1) is 10.2. The van der Waals surface area contributed by atoms with Crippen molar-refractivity contribution in [2.45, 2.75) is 64.6 Å². The fourth-order valence-corrected chi connectivity index (χ4v) is 2.77. The van der Waals surface area contributed by atoms with Gasteiger partial charge in [-0.15, -0.1) is 0 Å². The van der Waals surface area contributed by atoms with Crippen LogP contribution < -0.4 is 10.6 Å². The molecule has 0 saturated heterocycles. The molecule has 0 spiro atoms. The number of nitrogens with one attached hydrogen (secondary N) is 2. The number of rotatable bonds is 3. The third-order valence-electron chi connectivity index (χ3n) is 3.57. The van der Waals surface area contributed by atoms with Crippen LogP contribution in [0.25, 0.3) is 0 Å². The molecule has 5 heteroatoms. The van der Waals surface area contributed by atoms with E-state index >= 15 is 0 Å². The van der Waals surface area contributed by atoms with Crippen molar-refractivity contribution in [2.75, 3.05) is 5.32 Å². The molecule has 2 unspecified atom stereocenters. The Kier molecular flexibility index (Phi) is 4.94. The number of anilines is 1. The number of amides is 1. The summed E-state index contributed by atoms with van der Waals surface area (Å²) in [6.45, 7) is 7.41. The van der Waals surface area contributed by atoms with Gasteiger partial charge in [0.05, 0.1) is 0 Å². The molecule has 1 aliphatic rings. The number of halogens is 1. The summed E-state index contributed by atoms with van der Waals surface area (Å²) in [6, 6.07) is 5.27. The van der Waals surface area contributed by atoms with E-state index < -0.39 is 5.60 Å².